The van der Waals surface area contributed by atoms with Crippen LogP contribution in [0.4, 0.5) is 0 Å². The van der Waals surface area contributed by atoms with Crippen LogP contribution >= 0.6 is 0 Å². The Kier molecular flexibility index (Phi) is 22.8. The van der Waals surface area contributed by atoms with Crippen molar-refractivity contribution in [3.05, 3.63) is 12.2 Å². The van der Waals surface area contributed by atoms with Crippen molar-refractivity contribution in [1.29, 1.82) is 0 Å². The van der Waals surface area contributed by atoms with Crippen LogP contribution < -0.4 is 5.32 Å². The summed E-state index contributed by atoms with van der Waals surface area (Å²) in [4.78, 5) is 24.7. The van der Waals surface area contributed by atoms with Gasteiger partial charge in [0.15, 0.2) is 0 Å². The smallest absolute Gasteiger partial charge is 0.320 e. The van der Waals surface area contributed by atoms with Gasteiger partial charge in [-0.05, 0) is 59.0 Å². The highest BCUT2D eigenvalue weighted by molar-refractivity contribution is 5.75. The average Bonchev–Trinajstić information content (AvgIpc) is 2.77. The third kappa shape index (κ3) is 22.2. The molecule has 0 aromatic rings. The molecule has 0 heterocycles. The minimum Gasteiger partial charge on any atom is -0.480 e. The molecule has 0 aromatic heterocycles. The van der Waals surface area contributed by atoms with Crippen molar-refractivity contribution in [3.8, 4) is 0 Å². The minimum absolute atomic E-state index is 0.103. The highest BCUT2D eigenvalue weighted by atomic mass is 16.4. The number of likely N-dealkylation sites (N-methyl/N-ethyl adjacent to an activating group) is 1. The molecular formula is C28H54N2O3. The molecule has 0 bridgehead atoms. The molecule has 0 aliphatic carbocycles. The van der Waals surface area contributed by atoms with Crippen molar-refractivity contribution in [1.82, 2.24) is 10.2 Å². The Morgan fingerprint density at radius 1 is 0.758 bits per heavy atom. The van der Waals surface area contributed by atoms with Crippen molar-refractivity contribution in [2.75, 3.05) is 20.6 Å². The number of carbonyl (C=O) groups is 2. The average molecular weight is 467 g/mol. The van der Waals surface area contributed by atoms with E-state index in [4.69, 9.17) is 5.11 Å². The second-order valence-corrected chi connectivity index (χ2v) is 9.70. The molecule has 0 rings (SSSR count). The lowest BCUT2D eigenvalue weighted by molar-refractivity contribution is -0.142. The van der Waals surface area contributed by atoms with Gasteiger partial charge < -0.3 is 10.4 Å². The topological polar surface area (TPSA) is 69.6 Å². The normalized spacial score (nSPS) is 12.5. The third-order valence-corrected chi connectivity index (χ3v) is 6.30. The lowest BCUT2D eigenvalue weighted by Gasteiger charge is -2.19. The number of allylic oxidation sites excluding steroid dienone is 2. The van der Waals surface area contributed by atoms with E-state index >= 15 is 0 Å². The number of carboxylic acid groups (broad SMARTS) is 1. The quantitative estimate of drug-likeness (QED) is 0.117. The second kappa shape index (κ2) is 23.8. The number of unbranched alkanes of at least 4 members (excludes halogenated alkanes) is 14. The van der Waals surface area contributed by atoms with E-state index in [1.165, 1.54) is 77.0 Å². The number of hydrogen-bond donors (Lipinski definition) is 2. The van der Waals surface area contributed by atoms with Crippen molar-refractivity contribution in [2.24, 2.45) is 0 Å². The van der Waals surface area contributed by atoms with E-state index in [0.29, 0.717) is 19.4 Å². The van der Waals surface area contributed by atoms with Crippen LogP contribution in [0.25, 0.3) is 0 Å². The Hall–Kier alpha value is -1.36. The summed E-state index contributed by atoms with van der Waals surface area (Å²) in [5.41, 5.74) is 0. The first-order chi connectivity index (χ1) is 16.0. The summed E-state index contributed by atoms with van der Waals surface area (Å²) < 4.78 is 0. The van der Waals surface area contributed by atoms with Gasteiger partial charge in [-0.2, -0.15) is 0 Å². The number of nitrogens with zero attached hydrogens (tertiary/aromatic N) is 1. The number of amides is 1. The monoisotopic (exact) mass is 466 g/mol. The van der Waals surface area contributed by atoms with Crippen LogP contribution in [0.15, 0.2) is 12.2 Å². The summed E-state index contributed by atoms with van der Waals surface area (Å²) in [5, 5.41) is 12.1. The van der Waals surface area contributed by atoms with Crippen LogP contribution in [-0.4, -0.2) is 48.6 Å². The zero-order valence-corrected chi connectivity index (χ0v) is 22.1. The predicted molar refractivity (Wildman–Crippen MR) is 141 cm³/mol. The molecule has 1 amide bonds. The number of hydrogen-bond acceptors (Lipinski definition) is 3. The molecule has 0 radical (unpaired) electrons. The second-order valence-electron chi connectivity index (χ2n) is 9.70. The minimum atomic E-state index is -0.782. The van der Waals surface area contributed by atoms with Gasteiger partial charge in [0.1, 0.15) is 6.04 Å². The Balaban J connectivity index is 3.38. The lowest BCUT2D eigenvalue weighted by Crippen LogP contribution is -2.35. The first-order valence-electron chi connectivity index (χ1n) is 13.8. The fraction of sp³-hybridized carbons (Fsp3) is 0.857. The van der Waals surface area contributed by atoms with E-state index in [-0.39, 0.29) is 5.91 Å². The number of rotatable bonds is 24. The van der Waals surface area contributed by atoms with Gasteiger partial charge in [0.05, 0.1) is 0 Å². The SMILES string of the molecule is CCCCCCCCCCCCCC/C=C/CCCC(=O)NCCCC[C@@H](C(=O)O)N(C)C. The summed E-state index contributed by atoms with van der Waals surface area (Å²) in [7, 11) is 3.57. The highest BCUT2D eigenvalue weighted by Gasteiger charge is 2.18. The number of nitrogens with one attached hydrogen (secondary N) is 1. The van der Waals surface area contributed by atoms with Crippen molar-refractivity contribution in [2.45, 2.75) is 135 Å². The molecule has 0 spiro atoms. The Morgan fingerprint density at radius 3 is 1.79 bits per heavy atom. The van der Waals surface area contributed by atoms with Crippen LogP contribution in [-0.2, 0) is 9.59 Å². The molecule has 194 valence electrons. The summed E-state index contributed by atoms with van der Waals surface area (Å²) in [5.74, 6) is -0.678. The van der Waals surface area contributed by atoms with Gasteiger partial charge >= 0.3 is 5.97 Å². The number of carboxylic acids is 1. The van der Waals surface area contributed by atoms with Crippen molar-refractivity contribution in [3.63, 3.8) is 0 Å². The summed E-state index contributed by atoms with van der Waals surface area (Å²) >= 11 is 0. The molecule has 1 atom stereocenters. The zero-order valence-electron chi connectivity index (χ0n) is 22.1. The lowest BCUT2D eigenvalue weighted by atomic mass is 10.0. The van der Waals surface area contributed by atoms with Crippen LogP contribution in [0.3, 0.4) is 0 Å². The largest absolute Gasteiger partial charge is 0.480 e. The van der Waals surface area contributed by atoms with Crippen molar-refractivity contribution < 1.29 is 14.7 Å². The fourth-order valence-electron chi connectivity index (χ4n) is 4.10. The maximum atomic E-state index is 11.9. The van der Waals surface area contributed by atoms with Crippen molar-refractivity contribution >= 4 is 11.9 Å². The summed E-state index contributed by atoms with van der Waals surface area (Å²) in [6.45, 7) is 2.91. The fourth-order valence-corrected chi connectivity index (χ4v) is 4.10. The van der Waals surface area contributed by atoms with E-state index in [2.05, 4.69) is 24.4 Å². The van der Waals surface area contributed by atoms with Crippen LogP contribution in [0.5, 0.6) is 0 Å². The molecule has 0 saturated heterocycles. The van der Waals surface area contributed by atoms with Gasteiger partial charge in [0, 0.05) is 13.0 Å². The van der Waals surface area contributed by atoms with Gasteiger partial charge in [-0.15, -0.1) is 0 Å². The maximum Gasteiger partial charge on any atom is 0.320 e. The van der Waals surface area contributed by atoms with E-state index in [9.17, 15) is 9.59 Å². The van der Waals surface area contributed by atoms with E-state index in [1.807, 2.05) is 0 Å². The van der Waals surface area contributed by atoms with Crippen LogP contribution in [0, 0.1) is 0 Å². The molecule has 0 aliphatic heterocycles. The maximum absolute atomic E-state index is 11.9. The molecule has 5 nitrogen and oxygen atoms in total. The predicted octanol–water partition coefficient (Wildman–Crippen LogP) is 7.11. The molecule has 2 N–H and O–H groups in total. The number of carbonyl (C=O) groups excluding carboxylic acids is 1. The summed E-state index contributed by atoms with van der Waals surface area (Å²) in [6.07, 6.45) is 27.0. The molecule has 0 fully saturated rings. The highest BCUT2D eigenvalue weighted by Crippen LogP contribution is 2.12. The number of aliphatic carboxylic acids is 1. The molecular weight excluding hydrogens is 412 g/mol. The Morgan fingerprint density at radius 2 is 1.27 bits per heavy atom. The van der Waals surface area contributed by atoms with Gasteiger partial charge in [0.2, 0.25) is 5.91 Å². The molecule has 0 saturated carbocycles. The Labute approximate surface area is 204 Å². The zero-order chi connectivity index (χ0) is 24.6. The molecule has 0 aromatic carbocycles. The summed E-state index contributed by atoms with van der Waals surface area (Å²) in [6, 6.07) is -0.442. The van der Waals surface area contributed by atoms with E-state index < -0.39 is 12.0 Å². The first-order valence-corrected chi connectivity index (χ1v) is 13.8. The molecule has 5 heteroatoms. The molecule has 0 unspecified atom stereocenters. The Bertz CT molecular complexity index is 492. The molecule has 33 heavy (non-hydrogen) atoms. The van der Waals surface area contributed by atoms with Gasteiger partial charge in [0.25, 0.3) is 0 Å². The van der Waals surface area contributed by atoms with Gasteiger partial charge in [-0.3, -0.25) is 14.5 Å². The van der Waals surface area contributed by atoms with Gasteiger partial charge in [-0.1, -0.05) is 89.7 Å². The standard InChI is InChI=1S/C28H54N2O3/c1-4-5-6-7-8-9-10-11-12-13-14-15-16-17-18-19-20-24-27(31)29-25-22-21-23-26(28(32)33)30(2)3/h17-18,26H,4-16,19-25H2,1-3H3,(H,29,31)(H,32,33)/b18-17+/t26-/m0/s1. The van der Waals surface area contributed by atoms with Crippen LogP contribution in [0.1, 0.15) is 129 Å². The molecule has 0 aliphatic rings. The first kappa shape index (κ1) is 31.6. The third-order valence-electron chi connectivity index (χ3n) is 6.30. The van der Waals surface area contributed by atoms with Gasteiger partial charge in [-0.25, -0.2) is 0 Å². The van der Waals surface area contributed by atoms with E-state index in [1.54, 1.807) is 19.0 Å². The van der Waals surface area contributed by atoms with E-state index in [0.717, 1.165) is 32.1 Å². The van der Waals surface area contributed by atoms with Crippen LogP contribution in [0.2, 0.25) is 0 Å².